The minimum absolute atomic E-state index is 0.142. The number of ether oxygens (including phenoxy) is 2. The molecule has 1 fully saturated rings. The summed E-state index contributed by atoms with van der Waals surface area (Å²) in [6.07, 6.45) is 1.84. The van der Waals surface area contributed by atoms with E-state index in [1.54, 1.807) is 31.4 Å². The van der Waals surface area contributed by atoms with Gasteiger partial charge < -0.3 is 29.8 Å². The summed E-state index contributed by atoms with van der Waals surface area (Å²) in [5.41, 5.74) is 2.85. The second-order valence-corrected chi connectivity index (χ2v) is 11.9. The number of carbonyl (C=O) groups is 1. The number of rotatable bonds is 7. The number of hydrogen-bond donors (Lipinski definition) is 3. The van der Waals surface area contributed by atoms with Crippen molar-refractivity contribution < 1.29 is 19.4 Å². The van der Waals surface area contributed by atoms with Crippen LogP contribution in [0, 0.1) is 0 Å². The molecule has 234 valence electrons. The Labute approximate surface area is 268 Å². The fourth-order valence-corrected chi connectivity index (χ4v) is 6.55. The first kappa shape index (κ1) is 31.0. The van der Waals surface area contributed by atoms with Gasteiger partial charge in [-0.1, -0.05) is 53.5 Å². The summed E-state index contributed by atoms with van der Waals surface area (Å²) in [7, 11) is 4.31. The lowest BCUT2D eigenvalue weighted by molar-refractivity contribution is 0.102. The number of aliphatic hydroxyl groups is 1. The van der Waals surface area contributed by atoms with Gasteiger partial charge in [0, 0.05) is 61.6 Å². The predicted molar refractivity (Wildman–Crippen MR) is 171 cm³/mol. The molecule has 0 spiro atoms. The quantitative estimate of drug-likeness (QED) is 0.275. The predicted octanol–water partition coefficient (Wildman–Crippen LogP) is 3.72. The Morgan fingerprint density at radius 1 is 1.09 bits per heavy atom. The monoisotopic (exact) mass is 651 g/mol. The standard InChI is InChI=1S/C32H31Cl2N5O6/c1-38-14-21(31(42)39(2)32(38)43)29(41)36-22-9-5-7-19(27(22)34)18-6-4-8-20(26(18)33)23-12-16-13-24(40)28(25(16)30(37-23)44-3)35-17-10-11-45-15-17/h4-9,12,14,17,24,28,35,40H,10-11,13,15H2,1-3H3,(H,36,41)/t17-,24+,28+/m1/s1. The zero-order valence-corrected chi connectivity index (χ0v) is 26.3. The summed E-state index contributed by atoms with van der Waals surface area (Å²) in [6, 6.07) is 12.3. The number of amides is 1. The highest BCUT2D eigenvalue weighted by molar-refractivity contribution is 6.39. The Morgan fingerprint density at radius 3 is 2.51 bits per heavy atom. The molecule has 6 rings (SSSR count). The number of methoxy groups -OCH3 is 1. The van der Waals surface area contributed by atoms with E-state index < -0.39 is 23.3 Å². The highest BCUT2D eigenvalue weighted by Gasteiger charge is 2.37. The molecule has 2 aromatic heterocycles. The van der Waals surface area contributed by atoms with E-state index >= 15 is 0 Å². The fraction of sp³-hybridized carbons (Fsp3) is 0.312. The number of nitrogens with one attached hydrogen (secondary N) is 2. The van der Waals surface area contributed by atoms with Crippen molar-refractivity contribution in [2.24, 2.45) is 14.1 Å². The van der Waals surface area contributed by atoms with Crippen LogP contribution in [-0.2, 0) is 25.3 Å². The molecule has 4 aromatic rings. The Hall–Kier alpha value is -4.00. The largest absolute Gasteiger partial charge is 0.481 e. The van der Waals surface area contributed by atoms with Gasteiger partial charge in [-0.05, 0) is 24.1 Å². The molecule has 45 heavy (non-hydrogen) atoms. The van der Waals surface area contributed by atoms with Crippen molar-refractivity contribution in [3.63, 3.8) is 0 Å². The van der Waals surface area contributed by atoms with Crippen molar-refractivity contribution in [1.82, 2.24) is 19.4 Å². The van der Waals surface area contributed by atoms with Crippen LogP contribution in [0.4, 0.5) is 5.69 Å². The number of aliphatic hydroxyl groups excluding tert-OH is 1. The number of aromatic nitrogens is 3. The van der Waals surface area contributed by atoms with Gasteiger partial charge in [0.05, 0.1) is 47.3 Å². The van der Waals surface area contributed by atoms with E-state index in [1.165, 1.54) is 20.3 Å². The smallest absolute Gasteiger partial charge is 0.330 e. The SMILES string of the molecule is COc1nc(-c2cccc(-c3cccc(NC(=O)c4cn(C)c(=O)n(C)c4=O)c3Cl)c2Cl)cc2c1[C@@H](N[C@@H]1CCOC1)[C@@H](O)C2. The number of fused-ring (bicyclic) bond motifs is 1. The summed E-state index contributed by atoms with van der Waals surface area (Å²) < 4.78 is 13.2. The van der Waals surface area contributed by atoms with Gasteiger partial charge in [0.1, 0.15) is 5.56 Å². The molecule has 0 saturated carbocycles. The highest BCUT2D eigenvalue weighted by atomic mass is 35.5. The summed E-state index contributed by atoms with van der Waals surface area (Å²) in [4.78, 5) is 42.5. The number of anilines is 1. The van der Waals surface area contributed by atoms with Crippen LogP contribution in [0.3, 0.4) is 0 Å². The molecular weight excluding hydrogens is 621 g/mol. The van der Waals surface area contributed by atoms with Gasteiger partial charge in [-0.2, -0.15) is 0 Å². The van der Waals surface area contributed by atoms with Crippen LogP contribution in [0.2, 0.25) is 10.0 Å². The second kappa shape index (κ2) is 12.4. The third-order valence-electron chi connectivity index (χ3n) is 8.28. The van der Waals surface area contributed by atoms with E-state index in [9.17, 15) is 19.5 Å². The summed E-state index contributed by atoms with van der Waals surface area (Å²) in [5.74, 6) is -0.306. The zero-order valence-electron chi connectivity index (χ0n) is 24.8. The average Bonchev–Trinajstić information content (AvgIpc) is 3.66. The van der Waals surface area contributed by atoms with Crippen molar-refractivity contribution >= 4 is 34.8 Å². The number of nitrogens with zero attached hydrogens (tertiary/aromatic N) is 3. The minimum atomic E-state index is -0.724. The molecule has 11 nitrogen and oxygen atoms in total. The van der Waals surface area contributed by atoms with Gasteiger partial charge in [0.2, 0.25) is 5.88 Å². The van der Waals surface area contributed by atoms with E-state index in [-0.39, 0.29) is 28.4 Å². The van der Waals surface area contributed by atoms with Crippen molar-refractivity contribution in [2.45, 2.75) is 31.0 Å². The molecule has 3 atom stereocenters. The molecular formula is C32H31Cl2N5O6. The maximum absolute atomic E-state index is 13.1. The Kier molecular flexibility index (Phi) is 8.55. The van der Waals surface area contributed by atoms with Gasteiger partial charge in [-0.3, -0.25) is 14.2 Å². The molecule has 2 aliphatic rings. The molecule has 0 bridgehead atoms. The van der Waals surface area contributed by atoms with E-state index in [2.05, 4.69) is 10.6 Å². The third-order valence-corrected chi connectivity index (χ3v) is 9.09. The Morgan fingerprint density at radius 2 is 1.80 bits per heavy atom. The maximum atomic E-state index is 13.1. The lowest BCUT2D eigenvalue weighted by Gasteiger charge is -2.23. The molecule has 2 aromatic carbocycles. The summed E-state index contributed by atoms with van der Waals surface area (Å²) in [6.45, 7) is 1.28. The van der Waals surface area contributed by atoms with Gasteiger partial charge >= 0.3 is 5.69 Å². The first-order chi connectivity index (χ1) is 21.6. The normalized spacial score (nSPS) is 19.0. The number of hydrogen-bond acceptors (Lipinski definition) is 8. The van der Waals surface area contributed by atoms with Gasteiger partial charge in [0.15, 0.2) is 0 Å². The first-order valence-corrected chi connectivity index (χ1v) is 15.1. The highest BCUT2D eigenvalue weighted by Crippen LogP contribution is 2.44. The van der Waals surface area contributed by atoms with E-state index in [4.69, 9.17) is 37.7 Å². The number of benzene rings is 2. The Balaban J connectivity index is 1.34. The van der Waals surface area contributed by atoms with Crippen LogP contribution >= 0.6 is 23.2 Å². The minimum Gasteiger partial charge on any atom is -0.481 e. The van der Waals surface area contributed by atoms with Crippen LogP contribution in [0.15, 0.2) is 58.3 Å². The molecule has 1 aliphatic heterocycles. The molecule has 1 amide bonds. The van der Waals surface area contributed by atoms with Gasteiger partial charge in [-0.25, -0.2) is 9.78 Å². The fourth-order valence-electron chi connectivity index (χ4n) is 5.96. The molecule has 3 heterocycles. The molecule has 13 heteroatoms. The average molecular weight is 653 g/mol. The van der Waals surface area contributed by atoms with Crippen LogP contribution in [0.1, 0.15) is 33.9 Å². The molecule has 0 radical (unpaired) electrons. The zero-order chi connectivity index (χ0) is 32.0. The number of carbonyl (C=O) groups excluding carboxylic acids is 1. The van der Waals surface area contributed by atoms with Crippen LogP contribution in [0.25, 0.3) is 22.4 Å². The first-order valence-electron chi connectivity index (χ1n) is 14.3. The maximum Gasteiger partial charge on any atom is 0.330 e. The van der Waals surface area contributed by atoms with Crippen LogP contribution in [0.5, 0.6) is 5.88 Å². The molecule has 1 aliphatic carbocycles. The lowest BCUT2D eigenvalue weighted by Crippen LogP contribution is -2.40. The summed E-state index contributed by atoms with van der Waals surface area (Å²) in [5, 5.41) is 17.7. The van der Waals surface area contributed by atoms with Crippen LogP contribution in [-0.4, -0.2) is 57.6 Å². The molecule has 1 saturated heterocycles. The van der Waals surface area contributed by atoms with E-state index in [0.717, 1.165) is 26.7 Å². The Bertz CT molecular complexity index is 1930. The number of aryl methyl sites for hydroxylation is 1. The van der Waals surface area contributed by atoms with Crippen molar-refractivity contribution in [2.75, 3.05) is 25.6 Å². The van der Waals surface area contributed by atoms with Crippen molar-refractivity contribution in [1.29, 1.82) is 0 Å². The van der Waals surface area contributed by atoms with Crippen LogP contribution < -0.4 is 26.6 Å². The topological polar surface area (TPSA) is 137 Å². The summed E-state index contributed by atoms with van der Waals surface area (Å²) >= 11 is 13.8. The molecule has 0 unspecified atom stereocenters. The van der Waals surface area contributed by atoms with Crippen molar-refractivity contribution in [3.05, 3.63) is 96.2 Å². The van der Waals surface area contributed by atoms with E-state index in [1.807, 2.05) is 18.2 Å². The van der Waals surface area contributed by atoms with Gasteiger partial charge in [0.25, 0.3) is 11.5 Å². The number of halogens is 2. The van der Waals surface area contributed by atoms with Crippen molar-refractivity contribution in [3.8, 4) is 28.3 Å². The second-order valence-electron chi connectivity index (χ2n) is 11.2. The molecule has 3 N–H and O–H groups in total. The van der Waals surface area contributed by atoms with Gasteiger partial charge in [-0.15, -0.1) is 0 Å². The lowest BCUT2D eigenvalue weighted by atomic mass is 9.99. The third kappa shape index (κ3) is 5.66. The van der Waals surface area contributed by atoms with E-state index in [0.29, 0.717) is 52.9 Å². The number of pyridine rings is 1.